The molecule has 33 heavy (non-hydrogen) atoms. The molecule has 1 saturated heterocycles. The molecular formula is C28H31NO4. The molecule has 1 saturated carbocycles. The van der Waals surface area contributed by atoms with Gasteiger partial charge in [-0.15, -0.1) is 0 Å². The van der Waals surface area contributed by atoms with Crippen molar-refractivity contribution in [3.8, 4) is 11.5 Å². The van der Waals surface area contributed by atoms with Crippen LogP contribution in [0, 0.1) is 11.3 Å². The maximum Gasteiger partial charge on any atom is 0.166 e. The zero-order valence-corrected chi connectivity index (χ0v) is 19.5. The molecule has 5 heteroatoms. The molecule has 0 amide bonds. The van der Waals surface area contributed by atoms with Crippen LogP contribution in [0.3, 0.4) is 0 Å². The van der Waals surface area contributed by atoms with E-state index in [1.165, 1.54) is 11.1 Å². The van der Waals surface area contributed by atoms with Gasteiger partial charge in [0, 0.05) is 30.0 Å². The lowest BCUT2D eigenvalue weighted by molar-refractivity contribution is -0.231. The maximum absolute atomic E-state index is 11.7. The summed E-state index contributed by atoms with van der Waals surface area (Å²) in [6.07, 6.45) is 6.73. The van der Waals surface area contributed by atoms with Crippen molar-refractivity contribution in [1.29, 1.82) is 0 Å². The van der Waals surface area contributed by atoms with Gasteiger partial charge in [0.15, 0.2) is 11.5 Å². The van der Waals surface area contributed by atoms with Gasteiger partial charge < -0.3 is 24.2 Å². The van der Waals surface area contributed by atoms with Gasteiger partial charge in [0.25, 0.3) is 0 Å². The fourth-order valence-electron chi connectivity index (χ4n) is 8.50. The summed E-state index contributed by atoms with van der Waals surface area (Å²) in [5.41, 5.74) is 2.66. The minimum atomic E-state index is -0.712. The summed E-state index contributed by atoms with van der Waals surface area (Å²) in [5, 5.41) is 11.7. The van der Waals surface area contributed by atoms with Crippen LogP contribution >= 0.6 is 0 Å². The monoisotopic (exact) mass is 445 g/mol. The third kappa shape index (κ3) is 2.07. The molecule has 8 rings (SSSR count). The number of methoxy groups -OCH3 is 2. The van der Waals surface area contributed by atoms with Crippen molar-refractivity contribution in [3.05, 3.63) is 71.3 Å². The molecule has 5 nitrogen and oxygen atoms in total. The van der Waals surface area contributed by atoms with Crippen molar-refractivity contribution in [1.82, 2.24) is 4.90 Å². The minimum Gasteiger partial charge on any atom is -0.493 e. The molecule has 6 aliphatic rings. The van der Waals surface area contributed by atoms with Crippen LogP contribution in [0.1, 0.15) is 35.6 Å². The van der Waals surface area contributed by atoms with Gasteiger partial charge in [-0.3, -0.25) is 0 Å². The molecule has 0 radical (unpaired) electrons. The van der Waals surface area contributed by atoms with Crippen LogP contribution in [0.5, 0.6) is 11.5 Å². The van der Waals surface area contributed by atoms with Gasteiger partial charge in [0.2, 0.25) is 0 Å². The highest BCUT2D eigenvalue weighted by atomic mass is 16.6. The fourth-order valence-corrected chi connectivity index (χ4v) is 8.50. The fraction of sp³-hybridized carbons (Fsp3) is 0.500. The first-order valence-corrected chi connectivity index (χ1v) is 12.1. The van der Waals surface area contributed by atoms with Gasteiger partial charge in [-0.05, 0) is 50.0 Å². The first-order chi connectivity index (χ1) is 16.0. The van der Waals surface area contributed by atoms with E-state index >= 15 is 0 Å². The lowest BCUT2D eigenvalue weighted by Crippen LogP contribution is -2.79. The second-order valence-electron chi connectivity index (χ2n) is 10.6. The number of benzene rings is 2. The van der Waals surface area contributed by atoms with E-state index < -0.39 is 11.7 Å². The van der Waals surface area contributed by atoms with Crippen molar-refractivity contribution in [2.45, 2.75) is 48.5 Å². The predicted octanol–water partition coefficient (Wildman–Crippen LogP) is 3.65. The Kier molecular flexibility index (Phi) is 3.90. The Morgan fingerprint density at radius 3 is 2.70 bits per heavy atom. The summed E-state index contributed by atoms with van der Waals surface area (Å²) in [4.78, 5) is 2.54. The highest BCUT2D eigenvalue weighted by molar-refractivity contribution is 5.65. The van der Waals surface area contributed by atoms with Gasteiger partial charge in [0.1, 0.15) is 11.7 Å². The Balaban J connectivity index is 1.49. The molecule has 4 aliphatic carbocycles. The van der Waals surface area contributed by atoms with E-state index in [9.17, 15) is 5.11 Å². The van der Waals surface area contributed by atoms with E-state index in [2.05, 4.69) is 36.2 Å². The van der Waals surface area contributed by atoms with E-state index in [1.807, 2.05) is 30.3 Å². The van der Waals surface area contributed by atoms with Crippen LogP contribution in [0.2, 0.25) is 0 Å². The predicted molar refractivity (Wildman–Crippen MR) is 125 cm³/mol. The molecule has 2 fully saturated rings. The second kappa shape index (κ2) is 6.41. The molecule has 0 unspecified atom stereocenters. The van der Waals surface area contributed by atoms with Crippen LogP contribution < -0.4 is 9.47 Å². The Labute approximate surface area is 195 Å². The Bertz CT molecular complexity index is 1160. The van der Waals surface area contributed by atoms with E-state index in [1.54, 1.807) is 14.2 Å². The number of ether oxygens (including phenoxy) is 3. The number of aliphatic hydroxyl groups is 1. The van der Waals surface area contributed by atoms with E-state index in [-0.39, 0.29) is 22.9 Å². The average Bonchev–Trinajstić information content (AvgIpc) is 3.23. The van der Waals surface area contributed by atoms with E-state index in [4.69, 9.17) is 14.2 Å². The average molecular weight is 446 g/mol. The van der Waals surface area contributed by atoms with Crippen molar-refractivity contribution >= 4 is 0 Å². The summed E-state index contributed by atoms with van der Waals surface area (Å²) < 4.78 is 19.2. The van der Waals surface area contributed by atoms with Gasteiger partial charge in [0.05, 0.1) is 18.6 Å². The zero-order valence-electron chi connectivity index (χ0n) is 19.5. The Morgan fingerprint density at radius 1 is 1.12 bits per heavy atom. The molecule has 2 aromatic rings. The molecule has 2 aliphatic heterocycles. The van der Waals surface area contributed by atoms with Crippen LogP contribution in [0.25, 0.3) is 0 Å². The number of aliphatic hydroxyl groups excluding tert-OH is 1. The lowest BCUT2D eigenvalue weighted by atomic mass is 9.36. The second-order valence-corrected chi connectivity index (χ2v) is 10.6. The standard InChI is InChI=1S/C28H31NO4/c1-29-14-13-27-22-18-9-10-20(31-2)24(22)33-25(27)28(32-3)12-11-26(27,21(29)15-18)16-19(28)23(30)17-7-5-4-6-8-17/h4-12,19,21,23,25,30H,13-16H2,1-3H3/t19-,21-,23-,25-,26-,27+,28-/m1/s1. The first-order valence-electron chi connectivity index (χ1n) is 12.1. The molecule has 4 bridgehead atoms. The number of hydrogen-bond donors (Lipinski definition) is 1. The molecule has 0 aromatic heterocycles. The smallest absolute Gasteiger partial charge is 0.166 e. The highest BCUT2D eigenvalue weighted by Crippen LogP contribution is 2.75. The van der Waals surface area contributed by atoms with Crippen molar-refractivity contribution < 1.29 is 19.3 Å². The van der Waals surface area contributed by atoms with Crippen LogP contribution in [0.4, 0.5) is 0 Å². The molecular weight excluding hydrogens is 414 g/mol. The number of fused-ring (bicyclic) bond motifs is 1. The van der Waals surface area contributed by atoms with E-state index in [0.717, 1.165) is 42.9 Å². The summed E-state index contributed by atoms with van der Waals surface area (Å²) in [5.74, 6) is 1.59. The number of rotatable bonds is 4. The SMILES string of the molecule is COc1ccc2c3c1O[C@H]1[C@@]4(OC)C=C[C@@]5(C[C@@H]4[C@H](O)c4ccccc4)[C@@H](C2)N(C)CC[C@]315. The number of likely N-dealkylation sites (N-methyl/N-ethyl adjacent to an activating group) is 1. The number of piperidine rings is 1. The summed E-state index contributed by atoms with van der Waals surface area (Å²) in [7, 11) is 5.76. The van der Waals surface area contributed by atoms with Gasteiger partial charge in [-0.25, -0.2) is 0 Å². The molecule has 2 aromatic carbocycles. The van der Waals surface area contributed by atoms with E-state index in [0.29, 0.717) is 6.04 Å². The molecule has 2 heterocycles. The van der Waals surface area contributed by atoms with Gasteiger partial charge in [-0.1, -0.05) is 48.6 Å². The number of nitrogens with zero attached hydrogens (tertiary/aromatic N) is 1. The van der Waals surface area contributed by atoms with Crippen LogP contribution in [-0.2, 0) is 16.6 Å². The number of likely N-dealkylation sites (tertiary alicyclic amines) is 1. The number of hydrogen-bond acceptors (Lipinski definition) is 5. The maximum atomic E-state index is 11.7. The van der Waals surface area contributed by atoms with Crippen molar-refractivity contribution in [2.24, 2.45) is 11.3 Å². The lowest BCUT2D eigenvalue weighted by Gasteiger charge is -2.71. The largest absolute Gasteiger partial charge is 0.493 e. The Hall–Kier alpha value is -2.34. The first kappa shape index (κ1) is 20.1. The van der Waals surface area contributed by atoms with Crippen LogP contribution in [0.15, 0.2) is 54.6 Å². The summed E-state index contributed by atoms with van der Waals surface area (Å²) >= 11 is 0. The molecule has 172 valence electrons. The summed E-state index contributed by atoms with van der Waals surface area (Å²) in [6.45, 7) is 1.03. The Morgan fingerprint density at radius 2 is 1.94 bits per heavy atom. The molecule has 7 atom stereocenters. The normalized spacial score (nSPS) is 40.3. The molecule has 2 spiro atoms. The summed E-state index contributed by atoms with van der Waals surface area (Å²) in [6, 6.07) is 14.7. The third-order valence-electron chi connectivity index (χ3n) is 9.85. The molecule has 1 N–H and O–H groups in total. The quantitative estimate of drug-likeness (QED) is 0.728. The van der Waals surface area contributed by atoms with Crippen LogP contribution in [-0.4, -0.2) is 55.6 Å². The van der Waals surface area contributed by atoms with Gasteiger partial charge in [-0.2, -0.15) is 0 Å². The topological polar surface area (TPSA) is 51.2 Å². The van der Waals surface area contributed by atoms with Crippen molar-refractivity contribution in [2.75, 3.05) is 27.8 Å². The minimum absolute atomic E-state index is 0.108. The third-order valence-corrected chi connectivity index (χ3v) is 9.85. The van der Waals surface area contributed by atoms with Gasteiger partial charge >= 0.3 is 0 Å². The zero-order chi connectivity index (χ0) is 22.6. The highest BCUT2D eigenvalue weighted by Gasteiger charge is 2.79. The van der Waals surface area contributed by atoms with Crippen molar-refractivity contribution in [3.63, 3.8) is 0 Å².